The third kappa shape index (κ3) is 92.3. The maximum atomic E-state index is 9.40. The number of hydrogen-bond donors (Lipinski definition) is 1. The van der Waals surface area contributed by atoms with Gasteiger partial charge in [0.25, 0.3) is 0 Å². The standard InChI is InChI=1S/C3H8O2.3C3H7O2.Yb/c4*1-5-3-2-4;/h4H,2-3H2,1H3;3*2-3H2,1H3;/q;3*-1;+3. The molecule has 0 fully saturated rings. The Balaban J connectivity index is -0.0000000533. The van der Waals surface area contributed by atoms with E-state index in [1.54, 1.807) is 7.11 Å². The molecule has 9 heteroatoms. The molecule has 0 unspecified atom stereocenters. The van der Waals surface area contributed by atoms with Crippen LogP contribution in [0.4, 0.5) is 0 Å². The molecule has 0 aliphatic rings. The fraction of sp³-hybridized carbons (Fsp3) is 1.00. The van der Waals surface area contributed by atoms with Crippen molar-refractivity contribution in [2.24, 2.45) is 0 Å². The molecule has 0 aliphatic carbocycles. The molecule has 0 aromatic heterocycles. The zero-order valence-electron chi connectivity index (χ0n) is 13.2. The topological polar surface area (TPSA) is 126 Å². The number of aliphatic hydroxyl groups is 1. The van der Waals surface area contributed by atoms with Crippen molar-refractivity contribution < 1.29 is 86.3 Å². The van der Waals surface area contributed by atoms with Crippen LogP contribution >= 0.6 is 0 Å². The molecular weight excluding hydrogens is 445 g/mol. The molecule has 8 nitrogen and oxygen atoms in total. The van der Waals surface area contributed by atoms with Crippen LogP contribution in [0.25, 0.3) is 0 Å². The molecule has 21 heavy (non-hydrogen) atoms. The van der Waals surface area contributed by atoms with Crippen LogP contribution in [0, 0.1) is 46.9 Å². The van der Waals surface area contributed by atoms with Crippen molar-refractivity contribution >= 4 is 0 Å². The van der Waals surface area contributed by atoms with E-state index in [4.69, 9.17) is 5.11 Å². The molecule has 1 radical (unpaired) electrons. The molecule has 0 aromatic carbocycles. The Bertz CT molecular complexity index is 79.3. The Kier molecular flexibility index (Phi) is 79.7. The summed E-state index contributed by atoms with van der Waals surface area (Å²) in [4.78, 5) is 0. The van der Waals surface area contributed by atoms with Crippen molar-refractivity contribution in [1.29, 1.82) is 0 Å². The minimum atomic E-state index is -0.128. The summed E-state index contributed by atoms with van der Waals surface area (Å²) in [6.45, 7) is 1.18. The van der Waals surface area contributed by atoms with E-state index in [1.807, 2.05) is 0 Å². The molecule has 0 atom stereocenters. The molecule has 0 aliphatic heterocycles. The summed E-state index contributed by atoms with van der Waals surface area (Å²) in [5.74, 6) is 0. The van der Waals surface area contributed by atoms with Gasteiger partial charge in [0.2, 0.25) is 0 Å². The van der Waals surface area contributed by atoms with E-state index < -0.39 is 0 Å². The van der Waals surface area contributed by atoms with Gasteiger partial charge in [-0.25, -0.2) is 0 Å². The third-order valence-electron chi connectivity index (χ3n) is 1.16. The number of hydrogen-bond acceptors (Lipinski definition) is 8. The van der Waals surface area contributed by atoms with Gasteiger partial charge < -0.3 is 39.4 Å². The number of rotatable bonds is 8. The van der Waals surface area contributed by atoms with Gasteiger partial charge in [-0.3, -0.25) is 0 Å². The van der Waals surface area contributed by atoms with E-state index in [2.05, 4.69) is 18.9 Å². The van der Waals surface area contributed by atoms with Crippen LogP contribution < -0.4 is 15.3 Å². The maximum Gasteiger partial charge on any atom is 3.00 e. The number of aliphatic hydroxyl groups excluding tert-OH is 1. The fourth-order valence-electron chi connectivity index (χ4n) is 0.341. The summed E-state index contributed by atoms with van der Waals surface area (Å²) in [5.41, 5.74) is 0. The van der Waals surface area contributed by atoms with Gasteiger partial charge in [0.05, 0.1) is 13.2 Å². The summed E-state index contributed by atoms with van der Waals surface area (Å²) >= 11 is 0. The zero-order valence-corrected chi connectivity index (χ0v) is 14.9. The Hall–Kier alpha value is 1.20. The van der Waals surface area contributed by atoms with Crippen molar-refractivity contribution in [2.75, 3.05) is 81.3 Å². The predicted octanol–water partition coefficient (Wildman–Crippen LogP) is -3.40. The van der Waals surface area contributed by atoms with Crippen LogP contribution in [0.1, 0.15) is 0 Å². The van der Waals surface area contributed by atoms with Gasteiger partial charge in [0.1, 0.15) is 0 Å². The first-order chi connectivity index (χ1) is 9.66. The minimum Gasteiger partial charge on any atom is -0.853 e. The maximum absolute atomic E-state index is 9.40. The zero-order chi connectivity index (χ0) is 16.5. The van der Waals surface area contributed by atoms with Crippen LogP contribution in [-0.2, 0) is 18.9 Å². The molecular formula is C12H29O8Yb. The predicted molar refractivity (Wildman–Crippen MR) is 69.2 cm³/mol. The fourth-order valence-corrected chi connectivity index (χ4v) is 0.341. The summed E-state index contributed by atoms with van der Waals surface area (Å²) in [6.07, 6.45) is 0. The SMILES string of the molecule is COCCO.COCC[O-].COCC[O-].COCC[O-].[Yb+3]. The summed E-state index contributed by atoms with van der Waals surface area (Å²) in [7, 11) is 6.09. The monoisotopic (exact) mass is 475 g/mol. The first kappa shape index (κ1) is 33.7. The molecule has 1 N–H and O–H groups in total. The Morgan fingerprint density at radius 3 is 0.857 bits per heavy atom. The van der Waals surface area contributed by atoms with Crippen molar-refractivity contribution in [3.05, 3.63) is 0 Å². The Morgan fingerprint density at radius 2 is 0.857 bits per heavy atom. The van der Waals surface area contributed by atoms with Crippen LogP contribution in [0.2, 0.25) is 0 Å². The number of ether oxygens (including phenoxy) is 4. The summed E-state index contributed by atoms with van der Waals surface area (Å²) in [6, 6.07) is 0. The third-order valence-corrected chi connectivity index (χ3v) is 1.16. The first-order valence-corrected chi connectivity index (χ1v) is 5.97. The van der Waals surface area contributed by atoms with Crippen LogP contribution in [0.15, 0.2) is 0 Å². The summed E-state index contributed by atoms with van der Waals surface area (Å²) in [5, 5.41) is 36.2. The van der Waals surface area contributed by atoms with Gasteiger partial charge in [-0.15, -0.1) is 19.8 Å². The number of methoxy groups -OCH3 is 4. The largest absolute Gasteiger partial charge is 3.00 e. The Labute approximate surface area is 166 Å². The quantitative estimate of drug-likeness (QED) is 0.386. The van der Waals surface area contributed by atoms with E-state index in [1.165, 1.54) is 21.3 Å². The minimum absolute atomic E-state index is 0. The smallest absolute Gasteiger partial charge is 0.853 e. The van der Waals surface area contributed by atoms with Gasteiger partial charge in [-0.2, -0.15) is 0 Å². The molecule has 0 spiro atoms. The normalized spacial score (nSPS) is 8.00. The second-order valence-corrected chi connectivity index (χ2v) is 2.81. The van der Waals surface area contributed by atoms with Crippen molar-refractivity contribution in [1.82, 2.24) is 0 Å². The van der Waals surface area contributed by atoms with Crippen molar-refractivity contribution in [3.63, 3.8) is 0 Å². The van der Waals surface area contributed by atoms with Gasteiger partial charge >= 0.3 is 46.9 Å². The molecule has 0 amide bonds. The average Bonchev–Trinajstić information content (AvgIpc) is 2.44. The van der Waals surface area contributed by atoms with Crippen molar-refractivity contribution in [3.8, 4) is 0 Å². The Morgan fingerprint density at radius 1 is 0.619 bits per heavy atom. The molecule has 139 valence electrons. The van der Waals surface area contributed by atoms with Crippen LogP contribution in [-0.4, -0.2) is 86.4 Å². The second-order valence-electron chi connectivity index (χ2n) is 2.81. The van der Waals surface area contributed by atoms with Crippen LogP contribution in [0.3, 0.4) is 0 Å². The molecule has 0 rings (SSSR count). The van der Waals surface area contributed by atoms with E-state index in [0.717, 1.165) is 0 Å². The molecule has 0 saturated carbocycles. The van der Waals surface area contributed by atoms with Crippen LogP contribution in [0.5, 0.6) is 0 Å². The van der Waals surface area contributed by atoms with Gasteiger partial charge in [0, 0.05) is 48.3 Å². The average molecular weight is 474 g/mol. The molecule has 0 bridgehead atoms. The summed E-state index contributed by atoms with van der Waals surface area (Å²) < 4.78 is 17.6. The van der Waals surface area contributed by atoms with E-state index in [-0.39, 0.29) is 73.4 Å². The van der Waals surface area contributed by atoms with Crippen molar-refractivity contribution in [2.45, 2.75) is 0 Å². The molecule has 0 saturated heterocycles. The molecule has 0 heterocycles. The van der Waals surface area contributed by atoms with E-state index in [0.29, 0.717) is 26.4 Å². The second kappa shape index (κ2) is 49.6. The van der Waals surface area contributed by atoms with E-state index >= 15 is 0 Å². The van der Waals surface area contributed by atoms with Gasteiger partial charge in [-0.05, 0) is 0 Å². The molecule has 0 aromatic rings. The van der Waals surface area contributed by atoms with Gasteiger partial charge in [0.15, 0.2) is 0 Å². The van der Waals surface area contributed by atoms with E-state index in [9.17, 15) is 15.3 Å². The first-order valence-electron chi connectivity index (χ1n) is 5.97. The van der Waals surface area contributed by atoms with Gasteiger partial charge in [-0.1, -0.05) is 0 Å².